The highest BCUT2D eigenvalue weighted by Gasteiger charge is 2.30. The normalized spacial score (nSPS) is 20.4. The molecule has 2 aromatic heterocycles. The first-order valence-corrected chi connectivity index (χ1v) is 10.9. The van der Waals surface area contributed by atoms with Gasteiger partial charge in [0, 0.05) is 17.5 Å². The maximum Gasteiger partial charge on any atom is 0.184 e. The lowest BCUT2D eigenvalue weighted by molar-refractivity contribution is 0.286. The van der Waals surface area contributed by atoms with E-state index in [1.807, 2.05) is 6.07 Å². The van der Waals surface area contributed by atoms with Crippen LogP contribution in [0.25, 0.3) is 21.9 Å². The molecule has 5 rings (SSSR count). The third-order valence-corrected chi connectivity index (χ3v) is 7.01. The van der Waals surface area contributed by atoms with Gasteiger partial charge in [-0.25, -0.2) is 18.2 Å². The number of halogens is 4. The Labute approximate surface area is 182 Å². The molecule has 31 heavy (non-hydrogen) atoms. The molecule has 1 atom stereocenters. The molecule has 1 saturated carbocycles. The Kier molecular flexibility index (Phi) is 5.13. The smallest absolute Gasteiger partial charge is 0.184 e. The van der Waals surface area contributed by atoms with Crippen molar-refractivity contribution in [2.45, 2.75) is 44.4 Å². The average Bonchev–Trinajstić information content (AvgIpc) is 3.23. The minimum Gasteiger partial charge on any atom is -0.339 e. The molecule has 4 aromatic rings. The van der Waals surface area contributed by atoms with Crippen molar-refractivity contribution in [3.05, 3.63) is 70.4 Å². The predicted molar refractivity (Wildman–Crippen MR) is 116 cm³/mol. The summed E-state index contributed by atoms with van der Waals surface area (Å²) in [5.41, 5.74) is 2.23. The Balaban J connectivity index is 1.36. The second-order valence-corrected chi connectivity index (χ2v) is 8.87. The molecule has 0 spiro atoms. The molecule has 1 aliphatic rings. The molecule has 0 amide bonds. The van der Waals surface area contributed by atoms with Gasteiger partial charge in [-0.15, -0.1) is 0 Å². The third kappa shape index (κ3) is 3.57. The number of aromatic nitrogens is 3. The van der Waals surface area contributed by atoms with Gasteiger partial charge in [-0.3, -0.25) is 4.98 Å². The second-order valence-electron chi connectivity index (χ2n) is 8.46. The van der Waals surface area contributed by atoms with E-state index in [-0.39, 0.29) is 27.8 Å². The highest BCUT2D eigenvalue weighted by Crippen LogP contribution is 2.43. The van der Waals surface area contributed by atoms with Crippen LogP contribution < -0.4 is 0 Å². The largest absolute Gasteiger partial charge is 0.339 e. The van der Waals surface area contributed by atoms with Crippen molar-refractivity contribution in [1.29, 1.82) is 0 Å². The van der Waals surface area contributed by atoms with E-state index in [1.165, 1.54) is 6.07 Å². The van der Waals surface area contributed by atoms with Crippen molar-refractivity contribution in [2.24, 2.45) is 5.92 Å². The number of nitrogens with zero attached hydrogens (tertiary/aromatic N) is 2. The molecule has 0 saturated heterocycles. The van der Waals surface area contributed by atoms with E-state index in [1.54, 1.807) is 18.3 Å². The Hall–Kier alpha value is -2.60. The number of imidazole rings is 1. The molecule has 0 aliphatic heterocycles. The second kappa shape index (κ2) is 7.83. The highest BCUT2D eigenvalue weighted by atomic mass is 35.5. The minimum atomic E-state index is -0.984. The highest BCUT2D eigenvalue weighted by molar-refractivity contribution is 6.34. The van der Waals surface area contributed by atoms with Crippen LogP contribution in [0.1, 0.15) is 55.8 Å². The first-order valence-electron chi connectivity index (χ1n) is 10.5. The Morgan fingerprint density at radius 3 is 2.61 bits per heavy atom. The summed E-state index contributed by atoms with van der Waals surface area (Å²) in [6, 6.07) is 7.68. The van der Waals surface area contributed by atoms with Crippen LogP contribution in [0.4, 0.5) is 13.2 Å². The average molecular weight is 444 g/mol. The van der Waals surface area contributed by atoms with E-state index in [0.29, 0.717) is 17.7 Å². The van der Waals surface area contributed by atoms with Crippen molar-refractivity contribution in [1.82, 2.24) is 15.0 Å². The van der Waals surface area contributed by atoms with Gasteiger partial charge in [0.15, 0.2) is 11.6 Å². The summed E-state index contributed by atoms with van der Waals surface area (Å²) in [6.07, 6.45) is 5.65. The summed E-state index contributed by atoms with van der Waals surface area (Å²) in [4.78, 5) is 11.8. The first-order chi connectivity index (χ1) is 14.9. The summed E-state index contributed by atoms with van der Waals surface area (Å²) in [6.45, 7) is 2.06. The lowest BCUT2D eigenvalue weighted by atomic mass is 9.73. The van der Waals surface area contributed by atoms with Crippen LogP contribution in [-0.4, -0.2) is 15.0 Å². The minimum absolute atomic E-state index is 0.0193. The predicted octanol–water partition coefficient (Wildman–Crippen LogP) is 7.26. The van der Waals surface area contributed by atoms with E-state index < -0.39 is 11.6 Å². The summed E-state index contributed by atoms with van der Waals surface area (Å²) in [5.74, 6) is -0.815. The fraction of sp³-hybridized carbons (Fsp3) is 0.333. The van der Waals surface area contributed by atoms with Crippen LogP contribution in [0.3, 0.4) is 0 Å². The van der Waals surface area contributed by atoms with Crippen molar-refractivity contribution in [3.8, 4) is 0 Å². The quantitative estimate of drug-likeness (QED) is 0.338. The van der Waals surface area contributed by atoms with Gasteiger partial charge in [-0.1, -0.05) is 18.5 Å². The Morgan fingerprint density at radius 1 is 1.06 bits per heavy atom. The number of benzene rings is 2. The van der Waals surface area contributed by atoms with Gasteiger partial charge in [0.2, 0.25) is 0 Å². The van der Waals surface area contributed by atoms with Gasteiger partial charge in [-0.2, -0.15) is 0 Å². The molecule has 0 bridgehead atoms. The van der Waals surface area contributed by atoms with E-state index >= 15 is 0 Å². The zero-order valence-electron chi connectivity index (χ0n) is 16.9. The lowest BCUT2D eigenvalue weighted by Crippen LogP contribution is -2.19. The van der Waals surface area contributed by atoms with Gasteiger partial charge in [-0.05, 0) is 73.4 Å². The van der Waals surface area contributed by atoms with Gasteiger partial charge < -0.3 is 4.98 Å². The zero-order valence-corrected chi connectivity index (χ0v) is 17.7. The number of rotatable bonds is 3. The monoisotopic (exact) mass is 443 g/mol. The summed E-state index contributed by atoms with van der Waals surface area (Å²) < 4.78 is 41.6. The van der Waals surface area contributed by atoms with Gasteiger partial charge in [0.25, 0.3) is 0 Å². The maximum absolute atomic E-state index is 14.2. The maximum atomic E-state index is 14.2. The molecule has 1 fully saturated rings. The molecule has 160 valence electrons. The van der Waals surface area contributed by atoms with Gasteiger partial charge in [0.05, 0.1) is 10.5 Å². The molecule has 2 aromatic carbocycles. The van der Waals surface area contributed by atoms with Crippen molar-refractivity contribution in [2.75, 3.05) is 0 Å². The van der Waals surface area contributed by atoms with Gasteiger partial charge in [0.1, 0.15) is 22.7 Å². The molecule has 0 radical (unpaired) electrons. The van der Waals surface area contributed by atoms with E-state index in [2.05, 4.69) is 21.9 Å². The van der Waals surface area contributed by atoms with Crippen LogP contribution in [0.2, 0.25) is 5.02 Å². The van der Waals surface area contributed by atoms with E-state index in [0.717, 1.165) is 48.2 Å². The van der Waals surface area contributed by atoms with Crippen molar-refractivity contribution < 1.29 is 13.2 Å². The Morgan fingerprint density at radius 2 is 1.84 bits per heavy atom. The molecular weight excluding hydrogens is 423 g/mol. The van der Waals surface area contributed by atoms with Crippen LogP contribution in [0.15, 0.2) is 36.5 Å². The number of aromatic amines is 1. The lowest BCUT2D eigenvalue weighted by Gasteiger charge is -2.32. The molecule has 2 heterocycles. The molecule has 3 nitrogen and oxygen atoms in total. The van der Waals surface area contributed by atoms with E-state index in [9.17, 15) is 13.2 Å². The van der Waals surface area contributed by atoms with Crippen molar-refractivity contribution >= 4 is 33.5 Å². The number of H-pyrrole nitrogens is 1. The molecular formula is C24H21ClF3N3. The fourth-order valence-electron chi connectivity index (χ4n) is 4.95. The summed E-state index contributed by atoms with van der Waals surface area (Å²) >= 11 is 6.06. The fourth-order valence-corrected chi connectivity index (χ4v) is 5.18. The molecule has 7 heteroatoms. The molecule has 1 unspecified atom stereocenters. The number of pyridine rings is 1. The number of fused-ring (bicyclic) bond motifs is 2. The summed E-state index contributed by atoms with van der Waals surface area (Å²) in [7, 11) is 0. The van der Waals surface area contributed by atoms with Crippen LogP contribution in [-0.2, 0) is 0 Å². The third-order valence-electron chi connectivity index (χ3n) is 6.72. The Bertz CT molecular complexity index is 1280. The topological polar surface area (TPSA) is 41.6 Å². The first kappa shape index (κ1) is 20.3. The molecule has 1 N–H and O–H groups in total. The zero-order chi connectivity index (χ0) is 21.7. The van der Waals surface area contributed by atoms with Crippen LogP contribution in [0.5, 0.6) is 0 Å². The van der Waals surface area contributed by atoms with E-state index in [4.69, 9.17) is 11.6 Å². The molecule has 1 aliphatic carbocycles. The number of hydrogen-bond acceptors (Lipinski definition) is 2. The number of nitrogens with one attached hydrogen (secondary N) is 1. The standard InChI is InChI=1S/C24H21ClF3N3/c1-12(24-30-22-18(25)11-19(27)21(28)23(22)31-24)13-2-4-14(5-3-13)16-8-9-29-20-7-6-15(26)10-17(16)20/h6-14H,2-5H2,1H3,(H,30,31)/t12?,13-,14+. The van der Waals surface area contributed by atoms with Crippen LogP contribution >= 0.6 is 11.6 Å². The summed E-state index contributed by atoms with van der Waals surface area (Å²) in [5, 5.41) is 0.979. The SMILES string of the molecule is CC(c1nc2c(Cl)cc(F)c(F)c2[nH]1)[C@H]1CC[C@@H](c2ccnc3ccc(F)cc32)CC1. The number of hydrogen-bond donors (Lipinski definition) is 1. The van der Waals surface area contributed by atoms with Gasteiger partial charge >= 0.3 is 0 Å². The van der Waals surface area contributed by atoms with Crippen molar-refractivity contribution in [3.63, 3.8) is 0 Å². The van der Waals surface area contributed by atoms with Crippen LogP contribution in [0, 0.1) is 23.4 Å².